The van der Waals surface area contributed by atoms with Crippen molar-refractivity contribution in [3.8, 4) is 0 Å². The summed E-state index contributed by atoms with van der Waals surface area (Å²) < 4.78 is 28.7. The molecule has 3 aromatic rings. The lowest BCUT2D eigenvalue weighted by molar-refractivity contribution is -0.139. The molecule has 37 heavy (non-hydrogen) atoms. The molecule has 0 saturated carbocycles. The quantitative estimate of drug-likeness (QED) is 0.404. The van der Waals surface area contributed by atoms with Crippen LogP contribution in [0.25, 0.3) is 0 Å². The monoisotopic (exact) mass is 521 g/mol. The number of nitrogens with zero attached hydrogens (tertiary/aromatic N) is 2. The van der Waals surface area contributed by atoms with Gasteiger partial charge in [-0.05, 0) is 56.5 Å². The minimum Gasteiger partial charge on any atom is -0.354 e. The lowest BCUT2D eigenvalue weighted by Crippen LogP contribution is -2.51. The van der Waals surface area contributed by atoms with Crippen molar-refractivity contribution in [2.45, 2.75) is 51.6 Å². The van der Waals surface area contributed by atoms with Crippen LogP contribution in [0.5, 0.6) is 0 Å². The van der Waals surface area contributed by atoms with Crippen LogP contribution in [0.2, 0.25) is 0 Å². The minimum atomic E-state index is -4.06. The van der Waals surface area contributed by atoms with Gasteiger partial charge in [-0.1, -0.05) is 73.2 Å². The van der Waals surface area contributed by atoms with Crippen LogP contribution >= 0.6 is 0 Å². The van der Waals surface area contributed by atoms with Gasteiger partial charge in [0.15, 0.2) is 0 Å². The van der Waals surface area contributed by atoms with Crippen molar-refractivity contribution >= 4 is 27.5 Å². The number of aryl methyl sites for hydroxylation is 2. The number of sulfonamides is 1. The van der Waals surface area contributed by atoms with E-state index >= 15 is 0 Å². The molecule has 0 saturated heterocycles. The Bertz CT molecular complexity index is 1310. The summed E-state index contributed by atoms with van der Waals surface area (Å²) in [6, 6.07) is 22.0. The highest BCUT2D eigenvalue weighted by molar-refractivity contribution is 7.92. The molecule has 0 radical (unpaired) electrons. The maximum Gasteiger partial charge on any atom is 0.264 e. The van der Waals surface area contributed by atoms with E-state index in [4.69, 9.17) is 0 Å². The summed E-state index contributed by atoms with van der Waals surface area (Å²) in [6.45, 7) is 7.62. The number of hydrogen-bond donors (Lipinski definition) is 1. The van der Waals surface area contributed by atoms with Crippen LogP contribution in [-0.2, 0) is 26.2 Å². The number of rotatable bonds is 11. The van der Waals surface area contributed by atoms with E-state index in [1.165, 1.54) is 17.0 Å². The van der Waals surface area contributed by atoms with E-state index in [2.05, 4.69) is 5.32 Å². The highest BCUT2D eigenvalue weighted by Gasteiger charge is 2.32. The van der Waals surface area contributed by atoms with E-state index < -0.39 is 28.5 Å². The standard InChI is InChI=1S/C29H35N3O4S/c1-5-19-30-29(34)24(4)31(20-25-17-15-22(2)16-18-25)28(33)21-32(27-14-10-9-11-23(27)3)37(35,36)26-12-7-6-8-13-26/h6-18,24H,5,19-21H2,1-4H3,(H,30,34)/t24-/m1/s1. The Hall–Kier alpha value is -3.65. The Balaban J connectivity index is 2.01. The minimum absolute atomic E-state index is 0.0878. The summed E-state index contributed by atoms with van der Waals surface area (Å²) in [6.07, 6.45) is 0.765. The maximum atomic E-state index is 13.8. The number of carbonyl (C=O) groups excluding carboxylic acids is 2. The fourth-order valence-electron chi connectivity index (χ4n) is 3.94. The van der Waals surface area contributed by atoms with Crippen molar-refractivity contribution in [3.63, 3.8) is 0 Å². The first-order chi connectivity index (χ1) is 17.6. The second-order valence-electron chi connectivity index (χ2n) is 9.09. The normalized spacial score (nSPS) is 12.0. The number of para-hydroxylation sites is 1. The van der Waals surface area contributed by atoms with Crippen LogP contribution in [-0.4, -0.2) is 44.3 Å². The fraction of sp³-hybridized carbons (Fsp3) is 0.310. The Morgan fingerprint density at radius 3 is 2.14 bits per heavy atom. The highest BCUT2D eigenvalue weighted by Crippen LogP contribution is 2.27. The van der Waals surface area contributed by atoms with E-state index in [1.807, 2.05) is 44.2 Å². The predicted molar refractivity (Wildman–Crippen MR) is 147 cm³/mol. The largest absolute Gasteiger partial charge is 0.354 e. The molecule has 7 nitrogen and oxygen atoms in total. The van der Waals surface area contributed by atoms with Crippen molar-refractivity contribution in [1.29, 1.82) is 0 Å². The number of hydrogen-bond acceptors (Lipinski definition) is 4. The summed E-state index contributed by atoms with van der Waals surface area (Å²) in [5, 5.41) is 2.85. The number of anilines is 1. The van der Waals surface area contributed by atoms with E-state index in [9.17, 15) is 18.0 Å². The molecule has 0 fully saturated rings. The molecule has 0 aliphatic carbocycles. The molecule has 0 heterocycles. The van der Waals surface area contributed by atoms with Crippen LogP contribution in [0.15, 0.2) is 83.8 Å². The molecule has 0 aliphatic rings. The Morgan fingerprint density at radius 2 is 1.51 bits per heavy atom. The zero-order chi connectivity index (χ0) is 27.0. The van der Waals surface area contributed by atoms with Crippen molar-refractivity contribution in [1.82, 2.24) is 10.2 Å². The molecule has 3 aromatic carbocycles. The highest BCUT2D eigenvalue weighted by atomic mass is 32.2. The summed E-state index contributed by atoms with van der Waals surface area (Å²) >= 11 is 0. The number of carbonyl (C=O) groups is 2. The smallest absolute Gasteiger partial charge is 0.264 e. The van der Waals surface area contributed by atoms with Crippen LogP contribution < -0.4 is 9.62 Å². The molecule has 8 heteroatoms. The first-order valence-corrected chi connectivity index (χ1v) is 13.8. The zero-order valence-electron chi connectivity index (χ0n) is 21.8. The SMILES string of the molecule is CCCNC(=O)[C@@H](C)N(Cc1ccc(C)cc1)C(=O)CN(c1ccccc1C)S(=O)(=O)c1ccccc1. The van der Waals surface area contributed by atoms with Gasteiger partial charge in [0, 0.05) is 13.1 Å². The molecular weight excluding hydrogens is 486 g/mol. The van der Waals surface area contributed by atoms with Crippen molar-refractivity contribution < 1.29 is 18.0 Å². The molecule has 0 spiro atoms. The molecule has 2 amide bonds. The lowest BCUT2D eigenvalue weighted by atomic mass is 10.1. The Kier molecular flexibility index (Phi) is 9.47. The van der Waals surface area contributed by atoms with Gasteiger partial charge in [-0.3, -0.25) is 13.9 Å². The van der Waals surface area contributed by atoms with Crippen LogP contribution in [0.1, 0.15) is 37.0 Å². The maximum absolute atomic E-state index is 13.8. The van der Waals surface area contributed by atoms with E-state index in [-0.39, 0.29) is 17.3 Å². The number of nitrogens with one attached hydrogen (secondary N) is 1. The molecule has 0 bridgehead atoms. The first kappa shape index (κ1) is 27.9. The van der Waals surface area contributed by atoms with Crippen LogP contribution in [0.3, 0.4) is 0 Å². The van der Waals surface area contributed by atoms with Gasteiger partial charge in [0.05, 0.1) is 10.6 Å². The van der Waals surface area contributed by atoms with Gasteiger partial charge in [-0.15, -0.1) is 0 Å². The average Bonchev–Trinajstić information content (AvgIpc) is 2.90. The van der Waals surface area contributed by atoms with Gasteiger partial charge in [0.2, 0.25) is 11.8 Å². The van der Waals surface area contributed by atoms with E-state index in [0.717, 1.165) is 21.9 Å². The third-order valence-corrected chi connectivity index (χ3v) is 7.96. The van der Waals surface area contributed by atoms with E-state index in [1.54, 1.807) is 50.2 Å². The predicted octanol–water partition coefficient (Wildman–Crippen LogP) is 4.44. The summed E-state index contributed by atoms with van der Waals surface area (Å²) in [5.41, 5.74) is 3.06. The molecule has 0 aromatic heterocycles. The number of amides is 2. The Morgan fingerprint density at radius 1 is 0.892 bits per heavy atom. The second-order valence-corrected chi connectivity index (χ2v) is 10.9. The van der Waals surface area contributed by atoms with Gasteiger partial charge in [0.25, 0.3) is 10.0 Å². The molecule has 0 unspecified atom stereocenters. The first-order valence-electron chi connectivity index (χ1n) is 12.4. The zero-order valence-corrected chi connectivity index (χ0v) is 22.7. The van der Waals surface area contributed by atoms with Gasteiger partial charge >= 0.3 is 0 Å². The Labute approximate surface area is 220 Å². The van der Waals surface area contributed by atoms with Crippen molar-refractivity contribution in [2.75, 3.05) is 17.4 Å². The molecule has 0 aliphatic heterocycles. The molecule has 3 rings (SSSR count). The molecular formula is C29H35N3O4S. The van der Waals surface area contributed by atoms with Gasteiger partial charge < -0.3 is 10.2 Å². The van der Waals surface area contributed by atoms with Crippen molar-refractivity contribution in [2.24, 2.45) is 0 Å². The fourth-order valence-corrected chi connectivity index (χ4v) is 5.44. The third kappa shape index (κ3) is 6.98. The van der Waals surface area contributed by atoms with E-state index in [0.29, 0.717) is 17.8 Å². The van der Waals surface area contributed by atoms with Gasteiger partial charge in [-0.2, -0.15) is 0 Å². The molecule has 1 atom stereocenters. The van der Waals surface area contributed by atoms with Gasteiger partial charge in [-0.25, -0.2) is 8.42 Å². The van der Waals surface area contributed by atoms with Crippen molar-refractivity contribution in [3.05, 3.63) is 95.6 Å². The van der Waals surface area contributed by atoms with Crippen LogP contribution in [0, 0.1) is 13.8 Å². The third-order valence-electron chi connectivity index (χ3n) is 6.18. The summed E-state index contributed by atoms with van der Waals surface area (Å²) in [4.78, 5) is 28.3. The molecule has 196 valence electrons. The average molecular weight is 522 g/mol. The molecule has 1 N–H and O–H groups in total. The second kappa shape index (κ2) is 12.5. The number of benzene rings is 3. The summed E-state index contributed by atoms with van der Waals surface area (Å²) in [7, 11) is -4.06. The van der Waals surface area contributed by atoms with Crippen LogP contribution in [0.4, 0.5) is 5.69 Å². The van der Waals surface area contributed by atoms with Gasteiger partial charge in [0.1, 0.15) is 12.6 Å². The topological polar surface area (TPSA) is 86.8 Å². The summed E-state index contributed by atoms with van der Waals surface area (Å²) in [5.74, 6) is -0.752. The lowest BCUT2D eigenvalue weighted by Gasteiger charge is -2.32.